The van der Waals surface area contributed by atoms with Crippen LogP contribution in [0.5, 0.6) is 5.75 Å². The summed E-state index contributed by atoms with van der Waals surface area (Å²) in [6.07, 6.45) is 2.85. The predicted molar refractivity (Wildman–Crippen MR) is 99.4 cm³/mol. The zero-order chi connectivity index (χ0) is 18.5. The number of fused-ring (bicyclic) bond motifs is 2. The van der Waals surface area contributed by atoms with Crippen LogP contribution in [-0.2, 0) is 4.79 Å². The molecule has 5 rings (SSSR count). The average Bonchev–Trinajstić information content (AvgIpc) is 3.07. The summed E-state index contributed by atoms with van der Waals surface area (Å²) in [5.41, 5.74) is 3.36. The molecule has 1 saturated carbocycles. The topological polar surface area (TPSA) is 95.7 Å². The first-order valence-corrected chi connectivity index (χ1v) is 8.58. The molecule has 1 aromatic carbocycles. The molecule has 1 aliphatic rings. The van der Waals surface area contributed by atoms with Gasteiger partial charge in [-0.25, -0.2) is 9.37 Å². The molecule has 136 valence electrons. The molecule has 0 spiro atoms. The van der Waals surface area contributed by atoms with Crippen molar-refractivity contribution in [1.29, 1.82) is 0 Å². The maximum Gasteiger partial charge on any atom is 0.231 e. The van der Waals surface area contributed by atoms with E-state index in [1.165, 1.54) is 0 Å². The van der Waals surface area contributed by atoms with Crippen LogP contribution in [0.2, 0.25) is 0 Å². The number of carbonyl (C=O) groups excluding carboxylic acids is 1. The number of hydrogen-bond donors (Lipinski definition) is 3. The summed E-state index contributed by atoms with van der Waals surface area (Å²) in [5.74, 6) is 0.250. The number of benzene rings is 1. The van der Waals surface area contributed by atoms with Crippen LogP contribution in [0.3, 0.4) is 0 Å². The smallest absolute Gasteiger partial charge is 0.231 e. The van der Waals surface area contributed by atoms with E-state index in [-0.39, 0.29) is 12.3 Å². The van der Waals surface area contributed by atoms with Crippen LogP contribution >= 0.6 is 0 Å². The Hall–Kier alpha value is -3.42. The highest BCUT2D eigenvalue weighted by molar-refractivity contribution is 6.00. The molecule has 7 nitrogen and oxygen atoms in total. The number of aromatic nitrogens is 4. The highest BCUT2D eigenvalue weighted by Crippen LogP contribution is 2.38. The largest absolute Gasteiger partial charge is 0.496 e. The Balaban J connectivity index is 1.54. The van der Waals surface area contributed by atoms with Gasteiger partial charge in [0.2, 0.25) is 5.91 Å². The lowest BCUT2D eigenvalue weighted by Gasteiger charge is -2.08. The second-order valence-corrected chi connectivity index (χ2v) is 6.65. The van der Waals surface area contributed by atoms with Crippen molar-refractivity contribution in [1.82, 2.24) is 20.2 Å². The first kappa shape index (κ1) is 15.8. The summed E-state index contributed by atoms with van der Waals surface area (Å²) >= 11 is 0. The van der Waals surface area contributed by atoms with E-state index >= 15 is 0 Å². The fourth-order valence-electron chi connectivity index (χ4n) is 3.30. The number of carbonyl (C=O) groups is 1. The van der Waals surface area contributed by atoms with Crippen molar-refractivity contribution in [3.05, 3.63) is 36.7 Å². The van der Waals surface area contributed by atoms with E-state index in [9.17, 15) is 9.18 Å². The van der Waals surface area contributed by atoms with Gasteiger partial charge in [0.05, 0.1) is 24.7 Å². The van der Waals surface area contributed by atoms with Gasteiger partial charge < -0.3 is 15.0 Å². The normalized spacial score (nSPS) is 18.7. The lowest BCUT2D eigenvalue weighted by Crippen LogP contribution is -2.15. The minimum atomic E-state index is -1.03. The molecule has 3 aromatic heterocycles. The van der Waals surface area contributed by atoms with Gasteiger partial charge in [0.15, 0.2) is 0 Å². The number of alkyl halides is 1. The maximum atomic E-state index is 13.0. The van der Waals surface area contributed by atoms with Crippen molar-refractivity contribution in [2.75, 3.05) is 12.4 Å². The van der Waals surface area contributed by atoms with Crippen molar-refractivity contribution in [2.24, 2.45) is 5.92 Å². The molecule has 3 heterocycles. The number of rotatable bonds is 4. The number of H-pyrrole nitrogens is 2. The average molecular weight is 365 g/mol. The Morgan fingerprint density at radius 3 is 2.96 bits per heavy atom. The van der Waals surface area contributed by atoms with Gasteiger partial charge in [-0.1, -0.05) is 0 Å². The Labute approximate surface area is 152 Å². The number of ether oxygens (including phenoxy) is 1. The van der Waals surface area contributed by atoms with Gasteiger partial charge in [0, 0.05) is 28.1 Å². The zero-order valence-electron chi connectivity index (χ0n) is 14.4. The minimum Gasteiger partial charge on any atom is -0.496 e. The third-order valence-corrected chi connectivity index (χ3v) is 4.89. The molecule has 4 aromatic rings. The quantitative estimate of drug-likeness (QED) is 0.516. The van der Waals surface area contributed by atoms with E-state index in [4.69, 9.17) is 4.74 Å². The summed E-state index contributed by atoms with van der Waals surface area (Å²) in [6, 6.07) is 7.50. The lowest BCUT2D eigenvalue weighted by molar-refractivity contribution is -0.117. The van der Waals surface area contributed by atoms with Crippen LogP contribution in [0.4, 0.5) is 10.2 Å². The van der Waals surface area contributed by atoms with Gasteiger partial charge in [-0.2, -0.15) is 5.10 Å². The van der Waals surface area contributed by atoms with Crippen LogP contribution in [0, 0.1) is 5.92 Å². The fourth-order valence-corrected chi connectivity index (χ4v) is 3.30. The Morgan fingerprint density at radius 2 is 2.19 bits per heavy atom. The van der Waals surface area contributed by atoms with Crippen LogP contribution in [0.25, 0.3) is 33.1 Å². The lowest BCUT2D eigenvalue weighted by atomic mass is 10.0. The van der Waals surface area contributed by atoms with Crippen LogP contribution in [0.15, 0.2) is 36.7 Å². The summed E-state index contributed by atoms with van der Waals surface area (Å²) in [7, 11) is 1.63. The number of hydrogen-bond acceptors (Lipinski definition) is 4. The van der Waals surface area contributed by atoms with Crippen molar-refractivity contribution >= 4 is 33.7 Å². The van der Waals surface area contributed by atoms with Gasteiger partial charge >= 0.3 is 0 Å². The highest BCUT2D eigenvalue weighted by atomic mass is 19.1. The van der Waals surface area contributed by atoms with Gasteiger partial charge in [-0.05, 0) is 30.7 Å². The number of pyridine rings is 1. The molecule has 27 heavy (non-hydrogen) atoms. The minimum absolute atomic E-state index is 0.288. The molecule has 0 radical (unpaired) electrons. The number of aromatic amines is 2. The molecule has 0 bridgehead atoms. The summed E-state index contributed by atoms with van der Waals surface area (Å²) in [4.78, 5) is 19.5. The Kier molecular flexibility index (Phi) is 3.40. The summed E-state index contributed by atoms with van der Waals surface area (Å²) in [6.45, 7) is 0. The first-order chi connectivity index (χ1) is 13.1. The van der Waals surface area contributed by atoms with Crippen molar-refractivity contribution in [3.8, 4) is 16.9 Å². The maximum absolute atomic E-state index is 13.0. The standard InChI is InChI=1S/C19H16FN5O2/c1-27-16-4-9-7-22-25-15(9)6-11(16)13-8-21-18-10(13)2-3-17(23-18)24-19(26)12-5-14(12)20/h2-4,6-8,12,14H,5H2,1H3,(H,22,25)(H2,21,23,24,26). The van der Waals surface area contributed by atoms with Crippen LogP contribution < -0.4 is 10.1 Å². The van der Waals surface area contributed by atoms with Crippen LogP contribution in [0.1, 0.15) is 6.42 Å². The molecular weight excluding hydrogens is 349 g/mol. The van der Waals surface area contributed by atoms with Gasteiger partial charge in [-0.15, -0.1) is 0 Å². The predicted octanol–water partition coefficient (Wildman–Crippen LogP) is 3.41. The monoisotopic (exact) mass is 365 g/mol. The zero-order valence-corrected chi connectivity index (χ0v) is 14.4. The summed E-state index contributed by atoms with van der Waals surface area (Å²) < 4.78 is 18.6. The fraction of sp³-hybridized carbons (Fsp3) is 0.211. The second kappa shape index (κ2) is 5.80. The molecule has 1 fully saturated rings. The molecule has 1 aliphatic carbocycles. The van der Waals surface area contributed by atoms with Crippen molar-refractivity contribution in [3.63, 3.8) is 0 Å². The first-order valence-electron chi connectivity index (χ1n) is 8.58. The molecule has 2 unspecified atom stereocenters. The SMILES string of the molecule is COc1cc2cn[nH]c2cc1-c1c[nH]c2nc(NC(=O)C3CC3F)ccc12. The van der Waals surface area contributed by atoms with E-state index in [0.717, 1.165) is 33.2 Å². The van der Waals surface area contributed by atoms with Gasteiger partial charge in [0.25, 0.3) is 0 Å². The molecule has 0 aliphatic heterocycles. The second-order valence-electron chi connectivity index (χ2n) is 6.65. The van der Waals surface area contributed by atoms with E-state index in [0.29, 0.717) is 11.5 Å². The number of methoxy groups -OCH3 is 1. The van der Waals surface area contributed by atoms with Gasteiger partial charge in [-0.3, -0.25) is 9.89 Å². The third kappa shape index (κ3) is 2.61. The van der Waals surface area contributed by atoms with E-state index < -0.39 is 12.1 Å². The molecule has 8 heteroatoms. The van der Waals surface area contributed by atoms with Crippen molar-refractivity contribution in [2.45, 2.75) is 12.6 Å². The van der Waals surface area contributed by atoms with E-state index in [1.807, 2.05) is 24.4 Å². The Morgan fingerprint density at radius 1 is 1.33 bits per heavy atom. The number of nitrogens with one attached hydrogen (secondary N) is 3. The van der Waals surface area contributed by atoms with Gasteiger partial charge in [0.1, 0.15) is 23.4 Å². The number of halogens is 1. The molecule has 1 amide bonds. The highest BCUT2D eigenvalue weighted by Gasteiger charge is 2.43. The van der Waals surface area contributed by atoms with E-state index in [2.05, 4.69) is 25.5 Å². The van der Waals surface area contributed by atoms with Crippen LogP contribution in [-0.4, -0.2) is 39.4 Å². The van der Waals surface area contributed by atoms with E-state index in [1.54, 1.807) is 19.4 Å². The third-order valence-electron chi connectivity index (χ3n) is 4.89. The summed E-state index contributed by atoms with van der Waals surface area (Å²) in [5, 5.41) is 11.5. The molecule has 0 saturated heterocycles. The van der Waals surface area contributed by atoms with Crippen molar-refractivity contribution < 1.29 is 13.9 Å². The molecule has 2 atom stereocenters. The Bertz CT molecular complexity index is 1180. The molecule has 3 N–H and O–H groups in total. The number of nitrogens with zero attached hydrogens (tertiary/aromatic N) is 2. The number of anilines is 1. The number of amides is 1. The molecular formula is C19H16FN5O2.